The molecule has 3 aromatic rings. The molecular weight excluding hydrogens is 683 g/mol. The van der Waals surface area contributed by atoms with Crippen molar-refractivity contribution < 1.29 is 40.6 Å². The van der Waals surface area contributed by atoms with Crippen LogP contribution in [-0.4, -0.2) is 40.4 Å². The van der Waals surface area contributed by atoms with Crippen molar-refractivity contribution in [3.8, 4) is 5.88 Å². The Balaban J connectivity index is 1.83. The molecule has 8 nitrogen and oxygen atoms in total. The molecule has 1 aliphatic heterocycles. The highest BCUT2D eigenvalue weighted by Gasteiger charge is 2.47. The van der Waals surface area contributed by atoms with Crippen molar-refractivity contribution in [3.05, 3.63) is 74.0 Å². The maximum atomic E-state index is 13.4. The molecule has 2 atom stereocenters. The fourth-order valence-corrected chi connectivity index (χ4v) is 5.25. The summed E-state index contributed by atoms with van der Waals surface area (Å²) >= 11 is 1.87. The predicted octanol–water partition coefficient (Wildman–Crippen LogP) is 6.68. The predicted molar refractivity (Wildman–Crippen MR) is 148 cm³/mol. The van der Waals surface area contributed by atoms with E-state index >= 15 is 0 Å². The lowest BCUT2D eigenvalue weighted by Crippen LogP contribution is -2.61. The molecule has 0 aliphatic carbocycles. The van der Waals surface area contributed by atoms with E-state index in [0.29, 0.717) is 33.5 Å². The molecule has 0 saturated carbocycles. The van der Waals surface area contributed by atoms with E-state index in [4.69, 9.17) is 15.2 Å². The average Bonchev–Trinajstić information content (AvgIpc) is 2.92. The van der Waals surface area contributed by atoms with Gasteiger partial charge in [0.1, 0.15) is 11.5 Å². The van der Waals surface area contributed by atoms with Crippen LogP contribution < -0.4 is 15.4 Å². The minimum atomic E-state index is -4.98. The highest BCUT2D eigenvalue weighted by Crippen LogP contribution is 2.45. The van der Waals surface area contributed by atoms with Crippen molar-refractivity contribution in [2.45, 2.75) is 57.0 Å². The van der Waals surface area contributed by atoms with Crippen molar-refractivity contribution >= 4 is 34.4 Å². The maximum absolute atomic E-state index is 13.4. The van der Waals surface area contributed by atoms with Crippen molar-refractivity contribution in [2.24, 2.45) is 5.73 Å². The zero-order valence-corrected chi connectivity index (χ0v) is 24.8. The van der Waals surface area contributed by atoms with Gasteiger partial charge >= 0.3 is 18.4 Å². The van der Waals surface area contributed by atoms with Gasteiger partial charge in [0.05, 0.1) is 51.4 Å². The minimum Gasteiger partial charge on any atom is -0.481 e. The second-order valence-electron chi connectivity index (χ2n) is 9.62. The molecule has 0 bridgehead atoms. The Kier molecular flexibility index (Phi) is 8.92. The van der Waals surface area contributed by atoms with Gasteiger partial charge in [0.25, 0.3) is 0 Å². The van der Waals surface area contributed by atoms with E-state index in [9.17, 15) is 31.1 Å². The number of hydrogen-bond donors (Lipinski definition) is 1. The third kappa shape index (κ3) is 6.40. The number of aromatic nitrogens is 3. The molecule has 1 amide bonds. The summed E-state index contributed by atoms with van der Waals surface area (Å²) in [4.78, 5) is 27.9. The lowest BCUT2D eigenvalue weighted by Gasteiger charge is -2.46. The maximum Gasteiger partial charge on any atom is 0.416 e. The second-order valence-corrected chi connectivity index (χ2v) is 10.8. The number of anilines is 1. The molecular formula is C27H26F6IN5O3. The summed E-state index contributed by atoms with van der Waals surface area (Å²) in [5, 5.41) is 0. The zero-order valence-electron chi connectivity index (χ0n) is 22.6. The molecule has 4 rings (SSSR count). The van der Waals surface area contributed by atoms with E-state index in [2.05, 4.69) is 15.0 Å². The monoisotopic (exact) mass is 709 g/mol. The number of rotatable bonds is 6. The Hall–Kier alpha value is -3.21. The lowest BCUT2D eigenvalue weighted by molar-refractivity contribution is -0.143. The number of carbonyl (C=O) groups is 1. The van der Waals surface area contributed by atoms with Crippen LogP contribution in [0.4, 0.5) is 36.8 Å². The van der Waals surface area contributed by atoms with Gasteiger partial charge in [-0.25, -0.2) is 19.7 Å². The van der Waals surface area contributed by atoms with Crippen LogP contribution in [0.25, 0.3) is 0 Å². The number of hydrogen-bond acceptors (Lipinski definition) is 7. The Labute approximate surface area is 250 Å². The van der Waals surface area contributed by atoms with Gasteiger partial charge in [-0.3, -0.25) is 4.90 Å². The molecule has 2 unspecified atom stereocenters. The summed E-state index contributed by atoms with van der Waals surface area (Å²) in [7, 11) is 1.42. The number of alkyl halides is 6. The number of methoxy groups -OCH3 is 1. The van der Waals surface area contributed by atoms with Gasteiger partial charge < -0.3 is 15.2 Å². The van der Waals surface area contributed by atoms with Crippen molar-refractivity contribution in [1.82, 2.24) is 15.0 Å². The number of pyridine rings is 1. The van der Waals surface area contributed by atoms with Gasteiger partial charge in [0.2, 0.25) is 5.88 Å². The molecule has 226 valence electrons. The summed E-state index contributed by atoms with van der Waals surface area (Å²) in [5.41, 5.74) is 3.35. The van der Waals surface area contributed by atoms with Crippen LogP contribution in [0.1, 0.15) is 66.5 Å². The smallest absolute Gasteiger partial charge is 0.416 e. The number of benzene rings is 1. The van der Waals surface area contributed by atoms with E-state index in [1.807, 2.05) is 22.6 Å². The van der Waals surface area contributed by atoms with Crippen LogP contribution in [-0.2, 0) is 23.5 Å². The normalized spacial score (nSPS) is 18.9. The molecule has 0 spiro atoms. The van der Waals surface area contributed by atoms with Crippen molar-refractivity contribution in [2.75, 3.05) is 18.6 Å². The molecule has 3 heterocycles. The summed E-state index contributed by atoms with van der Waals surface area (Å²) < 4.78 is 91.6. The quantitative estimate of drug-likeness (QED) is 0.225. The fraction of sp³-hybridized carbons (Fsp3) is 0.407. The average molecular weight is 709 g/mol. The van der Waals surface area contributed by atoms with Crippen LogP contribution in [0.3, 0.4) is 0 Å². The molecule has 42 heavy (non-hydrogen) atoms. The van der Waals surface area contributed by atoms with E-state index in [1.54, 1.807) is 26.0 Å². The first-order valence-electron chi connectivity index (χ1n) is 12.7. The molecule has 2 N–H and O–H groups in total. The van der Waals surface area contributed by atoms with Gasteiger partial charge in [0, 0.05) is 18.7 Å². The van der Waals surface area contributed by atoms with Crippen LogP contribution >= 0.6 is 22.6 Å². The highest BCUT2D eigenvalue weighted by atomic mass is 127. The zero-order chi connectivity index (χ0) is 31.0. The number of ether oxygens (including phenoxy) is 2. The summed E-state index contributed by atoms with van der Waals surface area (Å²) in [5.74, 6) is -0.283. The van der Waals surface area contributed by atoms with Gasteiger partial charge in [-0.2, -0.15) is 26.3 Å². The van der Waals surface area contributed by atoms with Crippen LogP contribution in [0.2, 0.25) is 0 Å². The largest absolute Gasteiger partial charge is 0.481 e. The van der Waals surface area contributed by atoms with E-state index in [1.165, 1.54) is 18.2 Å². The molecule has 0 saturated heterocycles. The van der Waals surface area contributed by atoms with Gasteiger partial charge in [-0.1, -0.05) is 6.92 Å². The lowest BCUT2D eigenvalue weighted by atomic mass is 9.83. The van der Waals surface area contributed by atoms with Gasteiger partial charge in [-0.15, -0.1) is 0 Å². The Morgan fingerprint density at radius 2 is 1.74 bits per heavy atom. The number of amides is 1. The van der Waals surface area contributed by atoms with E-state index < -0.39 is 41.2 Å². The fourth-order valence-electron chi connectivity index (χ4n) is 4.80. The number of halogens is 7. The molecule has 1 aromatic carbocycles. The van der Waals surface area contributed by atoms with Crippen molar-refractivity contribution in [3.63, 3.8) is 0 Å². The highest BCUT2D eigenvalue weighted by molar-refractivity contribution is 14.1. The standard InChI is InChI=1S/C27H26F6IN5O3/c1-4-25(35)12-17(22-20(6-7-21(38-22)41-3)39(25)24(40)42-5-2)23-36-13-18(34)19(37-23)10-14-8-15(26(28,29)30)11-16(9-14)27(31,32)33/h6-9,11,13,17H,4-5,10,12,35H2,1-3H3. The summed E-state index contributed by atoms with van der Waals surface area (Å²) in [6.07, 6.45) is -9.15. The third-order valence-electron chi connectivity index (χ3n) is 6.89. The molecule has 15 heteroatoms. The number of fused-ring (bicyclic) bond motifs is 1. The van der Waals surface area contributed by atoms with Crippen LogP contribution in [0.5, 0.6) is 5.88 Å². The molecule has 2 aromatic heterocycles. The second kappa shape index (κ2) is 11.8. The molecule has 1 aliphatic rings. The number of nitrogens with zero attached hydrogens (tertiary/aromatic N) is 4. The number of nitrogens with two attached hydrogens (primary N) is 1. The SMILES string of the molecule is CCOC(=O)N1c2ccc(OC)nc2C(c2ncc(I)c(Cc3cc(C(F)(F)F)cc(C(F)(F)F)c3)n2)CC1(N)CC. The van der Waals surface area contributed by atoms with Gasteiger partial charge in [-0.05, 0) is 72.2 Å². The minimum absolute atomic E-state index is 0.0821. The Morgan fingerprint density at radius 1 is 1.10 bits per heavy atom. The topological polar surface area (TPSA) is 103 Å². The Bertz CT molecular complexity index is 1450. The first kappa shape index (κ1) is 31.7. The third-order valence-corrected chi connectivity index (χ3v) is 7.79. The first-order valence-corrected chi connectivity index (χ1v) is 13.8. The molecule has 0 fully saturated rings. The Morgan fingerprint density at radius 3 is 2.29 bits per heavy atom. The van der Waals surface area contributed by atoms with Crippen molar-refractivity contribution in [1.29, 1.82) is 0 Å². The summed E-state index contributed by atoms with van der Waals surface area (Å²) in [6, 6.07) is 4.59. The first-order chi connectivity index (χ1) is 19.6. The molecule has 0 radical (unpaired) electrons. The van der Waals surface area contributed by atoms with Crippen LogP contribution in [0.15, 0.2) is 36.5 Å². The van der Waals surface area contributed by atoms with E-state index in [0.717, 1.165) is 0 Å². The van der Waals surface area contributed by atoms with E-state index in [-0.39, 0.29) is 48.5 Å². The number of carbonyl (C=O) groups excluding carboxylic acids is 1. The van der Waals surface area contributed by atoms with Gasteiger partial charge in [0.15, 0.2) is 0 Å². The van der Waals surface area contributed by atoms with Crippen LogP contribution in [0, 0.1) is 3.57 Å². The summed E-state index contributed by atoms with van der Waals surface area (Å²) in [6.45, 7) is 3.55.